The van der Waals surface area contributed by atoms with E-state index in [0.29, 0.717) is 11.7 Å². The second-order valence-corrected chi connectivity index (χ2v) is 4.93. The number of likely N-dealkylation sites (tertiary alicyclic amines) is 1. The quantitative estimate of drug-likeness (QED) is 0.785. The largest absolute Gasteiger partial charge is 0.495 e. The van der Waals surface area contributed by atoms with Gasteiger partial charge < -0.3 is 15.8 Å². The summed E-state index contributed by atoms with van der Waals surface area (Å²) in [7, 11) is 1.64. The van der Waals surface area contributed by atoms with Crippen LogP contribution in [0.2, 0.25) is 0 Å². The van der Waals surface area contributed by atoms with E-state index in [1.807, 2.05) is 18.2 Å². The van der Waals surface area contributed by atoms with Gasteiger partial charge in [-0.1, -0.05) is 0 Å². The molecule has 0 aliphatic carbocycles. The Morgan fingerprint density at radius 3 is 2.78 bits per heavy atom. The number of nitrogens with zero attached hydrogens (tertiary/aromatic N) is 1. The van der Waals surface area contributed by atoms with Crippen molar-refractivity contribution in [2.45, 2.75) is 25.8 Å². The molecule has 1 atom stereocenters. The van der Waals surface area contributed by atoms with Crippen LogP contribution in [0.1, 0.15) is 19.8 Å². The highest BCUT2D eigenvalue weighted by atomic mass is 16.5. The fraction of sp³-hybridized carbons (Fsp3) is 0.571. The minimum absolute atomic E-state index is 0.566. The number of nitrogens with two attached hydrogens (primary N) is 1. The molecule has 4 heteroatoms. The number of nitrogen functional groups attached to an aromatic ring is 1. The molecule has 3 N–H and O–H groups in total. The number of benzene rings is 1. The highest BCUT2D eigenvalue weighted by molar-refractivity contribution is 5.61. The van der Waals surface area contributed by atoms with E-state index in [4.69, 9.17) is 10.5 Å². The van der Waals surface area contributed by atoms with Crippen LogP contribution in [0, 0.1) is 0 Å². The lowest BCUT2D eigenvalue weighted by molar-refractivity contribution is 0.269. The number of hydrogen-bond acceptors (Lipinski definition) is 4. The Labute approximate surface area is 109 Å². The smallest absolute Gasteiger partial charge is 0.143 e. The molecule has 2 rings (SSSR count). The standard InChI is InChI=1S/C14H23N3O/c1-11(17-7-3-4-8-17)10-16-12-5-6-13(15)14(9-12)18-2/h5-6,9,11,16H,3-4,7-8,10,15H2,1-2H3. The summed E-state index contributed by atoms with van der Waals surface area (Å²) in [4.78, 5) is 2.53. The molecule has 0 aromatic heterocycles. The first-order valence-electron chi connectivity index (χ1n) is 6.62. The van der Waals surface area contributed by atoms with Crippen LogP contribution < -0.4 is 15.8 Å². The fourth-order valence-corrected chi connectivity index (χ4v) is 2.40. The molecule has 1 heterocycles. The van der Waals surface area contributed by atoms with Gasteiger partial charge in [-0.2, -0.15) is 0 Å². The third-order valence-corrected chi connectivity index (χ3v) is 3.60. The van der Waals surface area contributed by atoms with Crippen LogP contribution in [0.25, 0.3) is 0 Å². The van der Waals surface area contributed by atoms with Gasteiger partial charge in [0.1, 0.15) is 5.75 Å². The lowest BCUT2D eigenvalue weighted by atomic mass is 10.2. The van der Waals surface area contributed by atoms with Crippen LogP contribution in [0.4, 0.5) is 11.4 Å². The van der Waals surface area contributed by atoms with Crippen molar-refractivity contribution in [2.75, 3.05) is 37.8 Å². The SMILES string of the molecule is COc1cc(NCC(C)N2CCCC2)ccc1N. The number of anilines is 2. The van der Waals surface area contributed by atoms with Crippen LogP contribution >= 0.6 is 0 Å². The van der Waals surface area contributed by atoms with Gasteiger partial charge in [0.05, 0.1) is 12.8 Å². The fourth-order valence-electron chi connectivity index (χ4n) is 2.40. The minimum atomic E-state index is 0.566. The zero-order valence-corrected chi connectivity index (χ0v) is 11.3. The maximum atomic E-state index is 5.79. The lowest BCUT2D eigenvalue weighted by Crippen LogP contribution is -2.35. The number of nitrogens with one attached hydrogen (secondary N) is 1. The number of hydrogen-bond donors (Lipinski definition) is 2. The summed E-state index contributed by atoms with van der Waals surface area (Å²) in [5.74, 6) is 0.730. The summed E-state index contributed by atoms with van der Waals surface area (Å²) < 4.78 is 5.22. The molecule has 1 aromatic carbocycles. The zero-order chi connectivity index (χ0) is 13.0. The first kappa shape index (κ1) is 13.0. The van der Waals surface area contributed by atoms with Gasteiger partial charge in [-0.25, -0.2) is 0 Å². The molecule has 1 saturated heterocycles. The highest BCUT2D eigenvalue weighted by Gasteiger charge is 2.17. The third kappa shape index (κ3) is 3.07. The van der Waals surface area contributed by atoms with E-state index in [1.54, 1.807) is 7.11 Å². The molecule has 0 spiro atoms. The topological polar surface area (TPSA) is 50.5 Å². The molecule has 0 saturated carbocycles. The van der Waals surface area contributed by atoms with Crippen molar-refractivity contribution >= 4 is 11.4 Å². The summed E-state index contributed by atoms with van der Waals surface area (Å²) in [6.07, 6.45) is 2.67. The van der Waals surface area contributed by atoms with Gasteiger partial charge in [0.25, 0.3) is 0 Å². The van der Waals surface area contributed by atoms with Gasteiger partial charge in [-0.05, 0) is 45.0 Å². The Hall–Kier alpha value is -1.42. The number of ether oxygens (including phenoxy) is 1. The van der Waals surface area contributed by atoms with Crippen molar-refractivity contribution in [2.24, 2.45) is 0 Å². The van der Waals surface area contributed by atoms with Crippen molar-refractivity contribution in [3.63, 3.8) is 0 Å². The van der Waals surface area contributed by atoms with Crippen molar-refractivity contribution in [1.29, 1.82) is 0 Å². The molecule has 1 unspecified atom stereocenters. The normalized spacial score (nSPS) is 17.7. The van der Waals surface area contributed by atoms with Crippen LogP contribution in [-0.2, 0) is 0 Å². The molecule has 0 radical (unpaired) electrons. The molecule has 0 amide bonds. The van der Waals surface area contributed by atoms with Crippen LogP contribution in [0.15, 0.2) is 18.2 Å². The lowest BCUT2D eigenvalue weighted by Gasteiger charge is -2.24. The second-order valence-electron chi connectivity index (χ2n) is 4.93. The molecular formula is C14H23N3O. The van der Waals surface area contributed by atoms with Gasteiger partial charge in [0.15, 0.2) is 0 Å². The van der Waals surface area contributed by atoms with Crippen molar-refractivity contribution in [3.05, 3.63) is 18.2 Å². The molecule has 1 fully saturated rings. The van der Waals surface area contributed by atoms with Crippen LogP contribution in [-0.4, -0.2) is 37.7 Å². The molecule has 1 aliphatic heterocycles. The maximum absolute atomic E-state index is 5.79. The van der Waals surface area contributed by atoms with Gasteiger partial charge in [-0.15, -0.1) is 0 Å². The summed E-state index contributed by atoms with van der Waals surface area (Å²) in [6, 6.07) is 6.39. The molecule has 4 nitrogen and oxygen atoms in total. The Morgan fingerprint density at radius 2 is 2.11 bits per heavy atom. The molecular weight excluding hydrogens is 226 g/mol. The van der Waals surface area contributed by atoms with Crippen molar-refractivity contribution < 1.29 is 4.74 Å². The van der Waals surface area contributed by atoms with Crippen LogP contribution in [0.3, 0.4) is 0 Å². The Balaban J connectivity index is 1.89. The Kier molecular flexibility index (Phi) is 4.31. The van der Waals surface area contributed by atoms with Gasteiger partial charge in [0.2, 0.25) is 0 Å². The second kappa shape index (κ2) is 5.96. The maximum Gasteiger partial charge on any atom is 0.143 e. The summed E-state index contributed by atoms with van der Waals surface area (Å²) in [6.45, 7) is 5.68. The number of methoxy groups -OCH3 is 1. The average Bonchev–Trinajstić information content (AvgIpc) is 2.91. The summed E-state index contributed by atoms with van der Waals surface area (Å²) in [5, 5.41) is 3.45. The van der Waals surface area contributed by atoms with Gasteiger partial charge >= 0.3 is 0 Å². The first-order chi connectivity index (χ1) is 8.70. The summed E-state index contributed by atoms with van der Waals surface area (Å²) >= 11 is 0. The molecule has 0 bridgehead atoms. The van der Waals surface area contributed by atoms with E-state index in [9.17, 15) is 0 Å². The monoisotopic (exact) mass is 249 g/mol. The molecule has 18 heavy (non-hydrogen) atoms. The van der Waals surface area contributed by atoms with Crippen molar-refractivity contribution in [3.8, 4) is 5.75 Å². The summed E-state index contributed by atoms with van der Waals surface area (Å²) in [5.41, 5.74) is 7.53. The van der Waals surface area contributed by atoms with Gasteiger partial charge in [0, 0.05) is 24.3 Å². The van der Waals surface area contributed by atoms with E-state index < -0.39 is 0 Å². The highest BCUT2D eigenvalue weighted by Crippen LogP contribution is 2.25. The third-order valence-electron chi connectivity index (χ3n) is 3.60. The van der Waals surface area contributed by atoms with E-state index in [0.717, 1.165) is 18.0 Å². The van der Waals surface area contributed by atoms with E-state index in [1.165, 1.54) is 25.9 Å². The molecule has 1 aliphatic rings. The Morgan fingerprint density at radius 1 is 1.39 bits per heavy atom. The molecule has 1 aromatic rings. The first-order valence-corrected chi connectivity index (χ1v) is 6.62. The minimum Gasteiger partial charge on any atom is -0.495 e. The predicted molar refractivity (Wildman–Crippen MR) is 76.2 cm³/mol. The predicted octanol–water partition coefficient (Wildman–Crippen LogP) is 2.17. The zero-order valence-electron chi connectivity index (χ0n) is 11.3. The van der Waals surface area contributed by atoms with E-state index in [2.05, 4.69) is 17.1 Å². The van der Waals surface area contributed by atoms with Crippen molar-refractivity contribution in [1.82, 2.24) is 4.90 Å². The van der Waals surface area contributed by atoms with Gasteiger partial charge in [-0.3, -0.25) is 4.90 Å². The Bertz CT molecular complexity index is 389. The average molecular weight is 249 g/mol. The van der Waals surface area contributed by atoms with E-state index in [-0.39, 0.29) is 0 Å². The van der Waals surface area contributed by atoms with E-state index >= 15 is 0 Å². The van der Waals surface area contributed by atoms with Crippen LogP contribution in [0.5, 0.6) is 5.75 Å². The molecule has 100 valence electrons. The number of rotatable bonds is 5.